The number of carbonyl (C=O) groups excluding carboxylic acids is 2. The van der Waals surface area contributed by atoms with Crippen molar-refractivity contribution in [2.75, 3.05) is 13.1 Å². The highest BCUT2D eigenvalue weighted by atomic mass is 35.5. The molecule has 1 saturated heterocycles. The second kappa shape index (κ2) is 5.82. The molecule has 2 heterocycles. The third-order valence-corrected chi connectivity index (χ3v) is 4.24. The van der Waals surface area contributed by atoms with Gasteiger partial charge in [-0.2, -0.15) is 0 Å². The second-order valence-electron chi connectivity index (χ2n) is 4.14. The Morgan fingerprint density at radius 2 is 2.28 bits per heavy atom. The van der Waals surface area contributed by atoms with Gasteiger partial charge in [0.05, 0.1) is 16.8 Å². The first-order chi connectivity index (χ1) is 8.61. The van der Waals surface area contributed by atoms with E-state index < -0.39 is 0 Å². The Balaban J connectivity index is 1.81. The quantitative estimate of drug-likeness (QED) is 0.838. The molecule has 1 fully saturated rings. The van der Waals surface area contributed by atoms with Gasteiger partial charge in [0.1, 0.15) is 0 Å². The molecule has 2 amide bonds. The fourth-order valence-electron chi connectivity index (χ4n) is 2.03. The Kier molecular flexibility index (Phi) is 4.37. The van der Waals surface area contributed by atoms with Crippen LogP contribution in [0.2, 0.25) is 4.34 Å². The lowest BCUT2D eigenvalue weighted by atomic mass is 10.2. The number of likely N-dealkylation sites (N-methyl/N-ethyl adjacent to an activating group) is 1. The number of hydrogen-bond donors (Lipinski definition) is 1. The van der Waals surface area contributed by atoms with Crippen molar-refractivity contribution in [2.24, 2.45) is 0 Å². The van der Waals surface area contributed by atoms with Crippen LogP contribution in [-0.4, -0.2) is 35.8 Å². The number of hydrogen-bond acceptors (Lipinski definition) is 4. The standard InChI is InChI=1S/C12H15ClN2O2S/c1-2-15-11(16)7-9(12(15)17)14-6-5-8-3-4-10(13)18-8/h3-4,9,14H,2,5-7H2,1H3. The molecule has 0 aliphatic carbocycles. The smallest absolute Gasteiger partial charge is 0.246 e. The van der Waals surface area contributed by atoms with Crippen molar-refractivity contribution >= 4 is 34.8 Å². The number of thiophene rings is 1. The van der Waals surface area contributed by atoms with Crippen LogP contribution in [0.5, 0.6) is 0 Å². The van der Waals surface area contributed by atoms with Gasteiger partial charge in [0, 0.05) is 18.0 Å². The first-order valence-corrected chi connectivity index (χ1v) is 7.13. The summed E-state index contributed by atoms with van der Waals surface area (Å²) in [6.07, 6.45) is 1.10. The normalized spacial score (nSPS) is 19.9. The molecule has 1 aliphatic rings. The summed E-state index contributed by atoms with van der Waals surface area (Å²) in [5.74, 6) is -0.189. The van der Waals surface area contributed by atoms with Gasteiger partial charge in [-0.15, -0.1) is 11.3 Å². The largest absolute Gasteiger partial charge is 0.305 e. The number of amides is 2. The molecule has 1 aromatic heterocycles. The van der Waals surface area contributed by atoms with Crippen LogP contribution >= 0.6 is 22.9 Å². The molecular formula is C12H15ClN2O2S. The molecule has 0 aromatic carbocycles. The predicted molar refractivity (Wildman–Crippen MR) is 71.8 cm³/mol. The van der Waals surface area contributed by atoms with Crippen LogP contribution in [0.25, 0.3) is 0 Å². The van der Waals surface area contributed by atoms with Gasteiger partial charge < -0.3 is 5.32 Å². The first kappa shape index (κ1) is 13.5. The highest BCUT2D eigenvalue weighted by molar-refractivity contribution is 7.16. The molecule has 0 bridgehead atoms. The van der Waals surface area contributed by atoms with Crippen molar-refractivity contribution in [2.45, 2.75) is 25.8 Å². The highest BCUT2D eigenvalue weighted by Crippen LogP contribution is 2.21. The minimum atomic E-state index is -0.354. The van der Waals surface area contributed by atoms with Crippen molar-refractivity contribution in [3.8, 4) is 0 Å². The molecule has 0 radical (unpaired) electrons. The fourth-order valence-corrected chi connectivity index (χ4v) is 3.12. The van der Waals surface area contributed by atoms with E-state index in [-0.39, 0.29) is 24.3 Å². The maximum atomic E-state index is 11.8. The lowest BCUT2D eigenvalue weighted by molar-refractivity contribution is -0.138. The molecule has 1 unspecified atom stereocenters. The van der Waals surface area contributed by atoms with E-state index in [0.717, 1.165) is 10.8 Å². The Hall–Kier alpha value is -0.910. The van der Waals surface area contributed by atoms with Gasteiger partial charge in [-0.25, -0.2) is 0 Å². The zero-order chi connectivity index (χ0) is 13.1. The number of likely N-dealkylation sites (tertiary alicyclic amines) is 1. The summed E-state index contributed by atoms with van der Waals surface area (Å²) in [5, 5.41) is 3.14. The summed E-state index contributed by atoms with van der Waals surface area (Å²) in [6, 6.07) is 3.49. The number of carbonyl (C=O) groups is 2. The van der Waals surface area contributed by atoms with Crippen molar-refractivity contribution in [1.29, 1.82) is 0 Å². The van der Waals surface area contributed by atoms with Crippen LogP contribution in [0.4, 0.5) is 0 Å². The summed E-state index contributed by atoms with van der Waals surface area (Å²) < 4.78 is 0.772. The molecule has 0 saturated carbocycles. The van der Waals surface area contributed by atoms with Gasteiger partial charge in [-0.05, 0) is 25.5 Å². The van der Waals surface area contributed by atoms with E-state index in [9.17, 15) is 9.59 Å². The fraction of sp³-hybridized carbons (Fsp3) is 0.500. The van der Waals surface area contributed by atoms with Crippen LogP contribution in [-0.2, 0) is 16.0 Å². The van der Waals surface area contributed by atoms with Crippen molar-refractivity contribution in [3.63, 3.8) is 0 Å². The molecule has 1 N–H and O–H groups in total. The van der Waals surface area contributed by atoms with Gasteiger partial charge in [-0.1, -0.05) is 11.6 Å². The summed E-state index contributed by atoms with van der Waals surface area (Å²) in [5.41, 5.74) is 0. The zero-order valence-corrected chi connectivity index (χ0v) is 11.7. The van der Waals surface area contributed by atoms with Crippen LogP contribution in [0, 0.1) is 0 Å². The topological polar surface area (TPSA) is 49.4 Å². The Morgan fingerprint density at radius 3 is 2.83 bits per heavy atom. The number of nitrogens with one attached hydrogen (secondary N) is 1. The lowest BCUT2D eigenvalue weighted by Crippen LogP contribution is -2.39. The van der Waals surface area contributed by atoms with Crippen LogP contribution in [0.15, 0.2) is 12.1 Å². The van der Waals surface area contributed by atoms with Crippen LogP contribution < -0.4 is 5.32 Å². The Bertz CT molecular complexity index is 461. The lowest BCUT2D eigenvalue weighted by Gasteiger charge is -2.12. The maximum Gasteiger partial charge on any atom is 0.246 e. The maximum absolute atomic E-state index is 11.8. The average molecular weight is 287 g/mol. The van der Waals surface area contributed by atoms with Gasteiger partial charge in [-0.3, -0.25) is 14.5 Å². The summed E-state index contributed by atoms with van der Waals surface area (Å²) in [6.45, 7) is 2.94. The molecule has 98 valence electrons. The van der Waals surface area contributed by atoms with E-state index in [1.165, 1.54) is 21.1 Å². The first-order valence-electron chi connectivity index (χ1n) is 5.93. The summed E-state index contributed by atoms with van der Waals surface area (Å²) >= 11 is 7.38. The summed E-state index contributed by atoms with van der Waals surface area (Å²) in [4.78, 5) is 25.8. The molecule has 1 atom stereocenters. The van der Waals surface area contributed by atoms with Crippen molar-refractivity contribution in [3.05, 3.63) is 21.3 Å². The number of halogens is 1. The van der Waals surface area contributed by atoms with E-state index in [4.69, 9.17) is 11.6 Å². The molecule has 2 rings (SSSR count). The van der Waals surface area contributed by atoms with E-state index in [1.54, 1.807) is 0 Å². The average Bonchev–Trinajstić information content (AvgIpc) is 2.85. The summed E-state index contributed by atoms with van der Waals surface area (Å²) in [7, 11) is 0. The Morgan fingerprint density at radius 1 is 1.50 bits per heavy atom. The van der Waals surface area contributed by atoms with Gasteiger partial charge in [0.15, 0.2) is 0 Å². The van der Waals surface area contributed by atoms with Gasteiger partial charge >= 0.3 is 0 Å². The zero-order valence-electron chi connectivity index (χ0n) is 10.1. The molecule has 1 aromatic rings. The Labute approximate surface area is 115 Å². The SMILES string of the molecule is CCN1C(=O)CC(NCCc2ccc(Cl)s2)C1=O. The van der Waals surface area contributed by atoms with E-state index in [0.29, 0.717) is 13.1 Å². The molecular weight excluding hydrogens is 272 g/mol. The minimum absolute atomic E-state index is 0.0841. The molecule has 6 heteroatoms. The van der Waals surface area contributed by atoms with Gasteiger partial charge in [0.25, 0.3) is 0 Å². The molecule has 0 spiro atoms. The minimum Gasteiger partial charge on any atom is -0.305 e. The molecule has 18 heavy (non-hydrogen) atoms. The predicted octanol–water partition coefficient (Wildman–Crippen LogP) is 1.68. The van der Waals surface area contributed by atoms with Crippen LogP contribution in [0.3, 0.4) is 0 Å². The van der Waals surface area contributed by atoms with Gasteiger partial charge in [0.2, 0.25) is 11.8 Å². The third kappa shape index (κ3) is 2.91. The van der Waals surface area contributed by atoms with Crippen LogP contribution in [0.1, 0.15) is 18.2 Å². The van der Waals surface area contributed by atoms with E-state index in [2.05, 4.69) is 5.32 Å². The third-order valence-electron chi connectivity index (χ3n) is 2.95. The van der Waals surface area contributed by atoms with Crippen molar-refractivity contribution < 1.29 is 9.59 Å². The van der Waals surface area contributed by atoms with E-state index >= 15 is 0 Å². The van der Waals surface area contributed by atoms with E-state index in [1.807, 2.05) is 19.1 Å². The monoisotopic (exact) mass is 286 g/mol. The molecule has 1 aliphatic heterocycles. The second-order valence-corrected chi connectivity index (χ2v) is 5.94. The highest BCUT2D eigenvalue weighted by Gasteiger charge is 2.36. The molecule has 4 nitrogen and oxygen atoms in total. The number of nitrogens with zero attached hydrogens (tertiary/aromatic N) is 1. The van der Waals surface area contributed by atoms with Crippen molar-refractivity contribution in [1.82, 2.24) is 10.2 Å². The number of imide groups is 1. The number of rotatable bonds is 5.